The van der Waals surface area contributed by atoms with Gasteiger partial charge < -0.3 is 5.32 Å². The molecule has 3 aromatic heterocycles. The molecule has 142 valence electrons. The Kier molecular flexibility index (Phi) is 5.69. The number of halogens is 2. The van der Waals surface area contributed by atoms with E-state index in [2.05, 4.69) is 36.4 Å². The highest BCUT2D eigenvalue weighted by Crippen LogP contribution is 2.28. The van der Waals surface area contributed by atoms with Gasteiger partial charge >= 0.3 is 0 Å². The van der Waals surface area contributed by atoms with Gasteiger partial charge in [0.25, 0.3) is 5.56 Å². The minimum absolute atomic E-state index is 0.124. The number of aromatic nitrogens is 4. The molecular weight excluding hydrogens is 465 g/mol. The van der Waals surface area contributed by atoms with Crippen LogP contribution in [-0.2, 0) is 12.3 Å². The Morgan fingerprint density at radius 3 is 2.82 bits per heavy atom. The standard InChI is InChI=1S/C18H13BrFN5OS2/c19-12-3-6-15-22-14(7-16(26)25(15)9-12)10-27-18-24-23-17(28-18)21-8-11-1-4-13(20)5-2-11/h1-7,9H,8,10H2,(H,21,23). The highest BCUT2D eigenvalue weighted by Gasteiger charge is 2.08. The molecule has 1 N–H and O–H groups in total. The number of fused-ring (bicyclic) bond motifs is 1. The number of nitrogens with one attached hydrogen (secondary N) is 1. The van der Waals surface area contributed by atoms with Crippen molar-refractivity contribution in [3.05, 3.63) is 80.6 Å². The summed E-state index contributed by atoms with van der Waals surface area (Å²) in [6, 6.07) is 11.5. The predicted molar refractivity (Wildman–Crippen MR) is 112 cm³/mol. The van der Waals surface area contributed by atoms with Crippen molar-refractivity contribution < 1.29 is 4.39 Å². The Hall–Kier alpha value is -2.30. The lowest BCUT2D eigenvalue weighted by Gasteiger charge is -2.03. The van der Waals surface area contributed by atoms with E-state index in [4.69, 9.17) is 0 Å². The molecule has 0 aliphatic heterocycles. The number of nitrogens with zero attached hydrogens (tertiary/aromatic N) is 4. The van der Waals surface area contributed by atoms with Crippen molar-refractivity contribution in [3.8, 4) is 0 Å². The van der Waals surface area contributed by atoms with Gasteiger partial charge in [-0.2, -0.15) is 0 Å². The molecular formula is C18H13BrFN5OS2. The molecule has 28 heavy (non-hydrogen) atoms. The van der Waals surface area contributed by atoms with Crippen LogP contribution < -0.4 is 10.9 Å². The van der Waals surface area contributed by atoms with Crippen LogP contribution in [0.2, 0.25) is 0 Å². The molecule has 0 saturated heterocycles. The van der Waals surface area contributed by atoms with E-state index >= 15 is 0 Å². The summed E-state index contributed by atoms with van der Waals surface area (Å²) in [5, 5.41) is 12.1. The quantitative estimate of drug-likeness (QED) is 0.416. The fourth-order valence-electron chi connectivity index (χ4n) is 2.46. The van der Waals surface area contributed by atoms with Crippen LogP contribution in [0, 0.1) is 5.82 Å². The van der Waals surface area contributed by atoms with E-state index in [-0.39, 0.29) is 11.4 Å². The summed E-state index contributed by atoms with van der Waals surface area (Å²) in [4.78, 5) is 16.8. The maximum atomic E-state index is 12.9. The molecule has 0 fully saturated rings. The maximum Gasteiger partial charge on any atom is 0.258 e. The Balaban J connectivity index is 1.39. The first-order valence-electron chi connectivity index (χ1n) is 8.19. The zero-order valence-electron chi connectivity index (χ0n) is 14.3. The molecule has 0 aliphatic rings. The lowest BCUT2D eigenvalue weighted by Crippen LogP contribution is -2.15. The molecule has 0 bridgehead atoms. The first-order chi connectivity index (χ1) is 13.6. The summed E-state index contributed by atoms with van der Waals surface area (Å²) in [5.41, 5.74) is 2.12. The minimum atomic E-state index is -0.257. The second-order valence-corrected chi connectivity index (χ2v) is 8.92. The van der Waals surface area contributed by atoms with Crippen molar-refractivity contribution in [2.45, 2.75) is 16.6 Å². The zero-order valence-corrected chi connectivity index (χ0v) is 17.5. The third-order valence-electron chi connectivity index (χ3n) is 3.78. The zero-order chi connectivity index (χ0) is 19.5. The first-order valence-corrected chi connectivity index (χ1v) is 10.8. The molecule has 0 aliphatic carbocycles. The van der Waals surface area contributed by atoms with E-state index in [1.807, 2.05) is 6.07 Å². The summed E-state index contributed by atoms with van der Waals surface area (Å²) in [5.74, 6) is 0.266. The smallest absolute Gasteiger partial charge is 0.258 e. The van der Waals surface area contributed by atoms with Gasteiger partial charge in [0.15, 0.2) is 4.34 Å². The second-order valence-electron chi connectivity index (χ2n) is 5.80. The maximum absolute atomic E-state index is 12.9. The number of anilines is 1. The van der Waals surface area contributed by atoms with Crippen molar-refractivity contribution in [2.75, 3.05) is 5.32 Å². The number of pyridine rings is 1. The summed E-state index contributed by atoms with van der Waals surface area (Å²) in [7, 11) is 0. The van der Waals surface area contributed by atoms with E-state index in [1.165, 1.54) is 45.7 Å². The Labute approximate surface area is 176 Å². The minimum Gasteiger partial charge on any atom is -0.356 e. The van der Waals surface area contributed by atoms with Crippen LogP contribution in [0.1, 0.15) is 11.3 Å². The Morgan fingerprint density at radius 2 is 2.00 bits per heavy atom. The van der Waals surface area contributed by atoms with Crippen molar-refractivity contribution in [1.82, 2.24) is 19.6 Å². The Morgan fingerprint density at radius 1 is 1.18 bits per heavy atom. The van der Waals surface area contributed by atoms with E-state index in [0.29, 0.717) is 28.8 Å². The average Bonchev–Trinajstić information content (AvgIpc) is 3.14. The van der Waals surface area contributed by atoms with Crippen molar-refractivity contribution in [1.29, 1.82) is 0 Å². The molecule has 0 atom stereocenters. The topological polar surface area (TPSA) is 72.2 Å². The summed E-state index contributed by atoms with van der Waals surface area (Å²) in [6.07, 6.45) is 1.70. The average molecular weight is 478 g/mol. The second kappa shape index (κ2) is 8.38. The molecule has 0 spiro atoms. The van der Waals surface area contributed by atoms with Gasteiger partial charge in [-0.15, -0.1) is 10.2 Å². The largest absolute Gasteiger partial charge is 0.356 e. The van der Waals surface area contributed by atoms with Gasteiger partial charge in [0.05, 0.1) is 5.69 Å². The molecule has 6 nitrogen and oxygen atoms in total. The van der Waals surface area contributed by atoms with Crippen LogP contribution >= 0.6 is 39.0 Å². The van der Waals surface area contributed by atoms with E-state index in [1.54, 1.807) is 24.4 Å². The lowest BCUT2D eigenvalue weighted by molar-refractivity contribution is 0.627. The SMILES string of the molecule is O=c1cc(CSc2nnc(NCc3ccc(F)cc3)s2)nc2ccc(Br)cn12. The van der Waals surface area contributed by atoms with Gasteiger partial charge in [-0.25, -0.2) is 9.37 Å². The van der Waals surface area contributed by atoms with Crippen molar-refractivity contribution in [2.24, 2.45) is 0 Å². The van der Waals surface area contributed by atoms with Crippen LogP contribution in [0.4, 0.5) is 9.52 Å². The highest BCUT2D eigenvalue weighted by molar-refractivity contribution is 9.10. The van der Waals surface area contributed by atoms with Gasteiger partial charge in [-0.3, -0.25) is 9.20 Å². The van der Waals surface area contributed by atoms with Gasteiger partial charge in [0.2, 0.25) is 5.13 Å². The highest BCUT2D eigenvalue weighted by atomic mass is 79.9. The molecule has 10 heteroatoms. The van der Waals surface area contributed by atoms with E-state index in [9.17, 15) is 9.18 Å². The van der Waals surface area contributed by atoms with Crippen molar-refractivity contribution in [3.63, 3.8) is 0 Å². The lowest BCUT2D eigenvalue weighted by atomic mass is 10.2. The summed E-state index contributed by atoms with van der Waals surface area (Å²) in [6.45, 7) is 0.540. The van der Waals surface area contributed by atoms with E-state index in [0.717, 1.165) is 14.4 Å². The van der Waals surface area contributed by atoms with Crippen molar-refractivity contribution >= 4 is 49.8 Å². The van der Waals surface area contributed by atoms with Gasteiger partial charge in [0, 0.05) is 29.0 Å². The summed E-state index contributed by atoms with van der Waals surface area (Å²) >= 11 is 6.25. The number of rotatable bonds is 6. The first kappa shape index (κ1) is 19.0. The van der Waals surface area contributed by atoms with Crippen LogP contribution in [0.25, 0.3) is 5.65 Å². The number of benzene rings is 1. The molecule has 3 heterocycles. The van der Waals surface area contributed by atoms with E-state index < -0.39 is 0 Å². The number of hydrogen-bond donors (Lipinski definition) is 1. The summed E-state index contributed by atoms with van der Waals surface area (Å²) < 4.78 is 16.0. The number of thioether (sulfide) groups is 1. The fourth-order valence-corrected chi connectivity index (χ4v) is 4.43. The van der Waals surface area contributed by atoms with Crippen LogP contribution in [0.5, 0.6) is 0 Å². The molecule has 1 aromatic carbocycles. The van der Waals surface area contributed by atoms with Gasteiger partial charge in [-0.1, -0.05) is 35.2 Å². The van der Waals surface area contributed by atoms with Crippen LogP contribution in [0.15, 0.2) is 62.3 Å². The van der Waals surface area contributed by atoms with Gasteiger partial charge in [0.1, 0.15) is 11.5 Å². The third-order valence-corrected chi connectivity index (χ3v) is 6.30. The molecule has 4 rings (SSSR count). The molecule has 0 saturated carbocycles. The molecule has 0 unspecified atom stereocenters. The number of hydrogen-bond acceptors (Lipinski definition) is 7. The monoisotopic (exact) mass is 477 g/mol. The fraction of sp³-hybridized carbons (Fsp3) is 0.111. The molecule has 0 amide bonds. The molecule has 4 aromatic rings. The normalized spacial score (nSPS) is 11.1. The van der Waals surface area contributed by atoms with Gasteiger partial charge in [-0.05, 0) is 45.8 Å². The predicted octanol–water partition coefficient (Wildman–Crippen LogP) is 4.35. The van der Waals surface area contributed by atoms with Crippen LogP contribution in [-0.4, -0.2) is 19.6 Å². The molecule has 0 radical (unpaired) electrons. The van der Waals surface area contributed by atoms with Crippen LogP contribution in [0.3, 0.4) is 0 Å². The third kappa shape index (κ3) is 4.57. The Bertz CT molecular complexity index is 1180.